The molecule has 0 saturated carbocycles. The van der Waals surface area contributed by atoms with Gasteiger partial charge in [0.2, 0.25) is 0 Å². The Morgan fingerprint density at radius 2 is 1.74 bits per heavy atom. The zero-order valence-corrected chi connectivity index (χ0v) is 17.8. The quantitative estimate of drug-likeness (QED) is 0.302. The maximum Gasteiger partial charge on any atom is 0.336 e. The van der Waals surface area contributed by atoms with Crippen LogP contribution < -0.4 is 19.5 Å². The first-order chi connectivity index (χ1) is 14.9. The van der Waals surface area contributed by atoms with Crippen LogP contribution in [0.2, 0.25) is 0 Å². The third-order valence-electron chi connectivity index (χ3n) is 4.03. The van der Waals surface area contributed by atoms with Crippen molar-refractivity contribution in [2.24, 2.45) is 0 Å². The number of benzene rings is 2. The molecule has 0 radical (unpaired) electrons. The number of nitrogens with zero attached hydrogens (tertiary/aromatic N) is 1. The molecule has 7 nitrogen and oxygen atoms in total. The van der Waals surface area contributed by atoms with Gasteiger partial charge >= 0.3 is 5.97 Å². The fraction of sp³-hybridized carbons (Fsp3) is 0.208. The average Bonchev–Trinajstić information content (AvgIpc) is 2.76. The van der Waals surface area contributed by atoms with Gasteiger partial charge in [-0.3, -0.25) is 4.79 Å². The van der Waals surface area contributed by atoms with Crippen molar-refractivity contribution < 1.29 is 23.8 Å². The van der Waals surface area contributed by atoms with E-state index in [1.807, 2.05) is 24.3 Å². The van der Waals surface area contributed by atoms with Crippen molar-refractivity contribution in [3.63, 3.8) is 0 Å². The van der Waals surface area contributed by atoms with Crippen LogP contribution >= 0.6 is 0 Å². The first kappa shape index (κ1) is 23.2. The molecule has 0 unspecified atom stereocenters. The van der Waals surface area contributed by atoms with Crippen molar-refractivity contribution in [2.75, 3.05) is 14.2 Å². The number of para-hydroxylation sites is 1. The average molecular weight is 420 g/mol. The second kappa shape index (κ2) is 11.2. The van der Waals surface area contributed by atoms with Crippen LogP contribution in [0.3, 0.4) is 0 Å². The molecule has 2 rings (SSSR count). The molecule has 0 saturated heterocycles. The van der Waals surface area contributed by atoms with Gasteiger partial charge < -0.3 is 19.5 Å². The summed E-state index contributed by atoms with van der Waals surface area (Å²) >= 11 is 0. The van der Waals surface area contributed by atoms with Crippen molar-refractivity contribution in [1.82, 2.24) is 5.32 Å². The number of carbonyl (C=O) groups is 2. The highest BCUT2D eigenvalue weighted by atomic mass is 16.6. The molecule has 2 aromatic rings. The second-order valence-corrected chi connectivity index (χ2v) is 6.70. The summed E-state index contributed by atoms with van der Waals surface area (Å²) in [6.07, 6.45) is 4.32. The molecule has 0 heterocycles. The zero-order valence-electron chi connectivity index (χ0n) is 17.8. The summed E-state index contributed by atoms with van der Waals surface area (Å²) in [6, 6.07) is 13.8. The summed E-state index contributed by atoms with van der Waals surface area (Å²) in [5.41, 5.74) is 1.25. The van der Waals surface area contributed by atoms with E-state index in [4.69, 9.17) is 14.2 Å². The summed E-state index contributed by atoms with van der Waals surface area (Å²) in [7, 11) is 2.98. The van der Waals surface area contributed by atoms with Crippen LogP contribution in [0, 0.1) is 11.3 Å². The minimum absolute atomic E-state index is 0.0414. The summed E-state index contributed by atoms with van der Waals surface area (Å²) in [5.74, 6) is 0.0684. The molecule has 31 heavy (non-hydrogen) atoms. The predicted molar refractivity (Wildman–Crippen MR) is 118 cm³/mol. The molecule has 0 spiro atoms. The van der Waals surface area contributed by atoms with Gasteiger partial charge in [-0.1, -0.05) is 24.3 Å². The number of carbonyl (C=O) groups excluding carboxylic acids is 2. The lowest BCUT2D eigenvalue weighted by atomic mass is 10.1. The topological polar surface area (TPSA) is 97.7 Å². The molecule has 0 aliphatic rings. The molecule has 0 aromatic heterocycles. The summed E-state index contributed by atoms with van der Waals surface area (Å²) in [6.45, 7) is 3.61. The second-order valence-electron chi connectivity index (χ2n) is 6.70. The van der Waals surface area contributed by atoms with Gasteiger partial charge in [-0.2, -0.15) is 5.26 Å². The number of nitriles is 1. The Hall–Kier alpha value is -4.05. The number of hydrogen-bond acceptors (Lipinski definition) is 6. The first-order valence-corrected chi connectivity index (χ1v) is 9.51. The van der Waals surface area contributed by atoms with Gasteiger partial charge in [0, 0.05) is 17.7 Å². The van der Waals surface area contributed by atoms with Crippen LogP contribution in [0.25, 0.3) is 12.2 Å². The van der Waals surface area contributed by atoms with Gasteiger partial charge in [-0.15, -0.1) is 0 Å². The number of hydrogen-bond donors (Lipinski definition) is 1. The van der Waals surface area contributed by atoms with Crippen molar-refractivity contribution in [3.8, 4) is 23.3 Å². The highest BCUT2D eigenvalue weighted by Gasteiger charge is 2.13. The minimum Gasteiger partial charge on any atom is -0.496 e. The monoisotopic (exact) mass is 420 g/mol. The van der Waals surface area contributed by atoms with Gasteiger partial charge in [-0.05, 0) is 49.8 Å². The number of ether oxygens (including phenoxy) is 3. The lowest BCUT2D eigenvalue weighted by Crippen LogP contribution is -2.30. The largest absolute Gasteiger partial charge is 0.496 e. The Morgan fingerprint density at radius 1 is 1.03 bits per heavy atom. The molecular formula is C24H24N2O5. The highest BCUT2D eigenvalue weighted by molar-refractivity contribution is 6.01. The molecule has 0 aliphatic heterocycles. The van der Waals surface area contributed by atoms with E-state index in [-0.39, 0.29) is 23.1 Å². The summed E-state index contributed by atoms with van der Waals surface area (Å²) < 4.78 is 15.9. The van der Waals surface area contributed by atoms with E-state index in [9.17, 15) is 14.9 Å². The smallest absolute Gasteiger partial charge is 0.336 e. The molecule has 0 bridgehead atoms. The van der Waals surface area contributed by atoms with Crippen LogP contribution in [0.4, 0.5) is 0 Å². The van der Waals surface area contributed by atoms with Crippen LogP contribution in [0.1, 0.15) is 25.0 Å². The fourth-order valence-electron chi connectivity index (χ4n) is 2.62. The molecule has 1 amide bonds. The van der Waals surface area contributed by atoms with Gasteiger partial charge in [0.15, 0.2) is 11.5 Å². The Morgan fingerprint density at radius 3 is 2.39 bits per heavy atom. The molecular weight excluding hydrogens is 396 g/mol. The van der Waals surface area contributed by atoms with Gasteiger partial charge in [-0.25, -0.2) is 4.79 Å². The Labute approximate surface area is 181 Å². The van der Waals surface area contributed by atoms with Crippen molar-refractivity contribution >= 4 is 24.0 Å². The zero-order chi connectivity index (χ0) is 22.8. The van der Waals surface area contributed by atoms with E-state index in [0.717, 1.165) is 5.56 Å². The third-order valence-corrected chi connectivity index (χ3v) is 4.03. The SMILES string of the molecule is COc1ccccc1/C=C/C(=O)Oc1ccc(/C=C(\C#N)C(=O)NC(C)C)cc1OC. The van der Waals surface area contributed by atoms with Crippen molar-refractivity contribution in [3.05, 3.63) is 65.2 Å². The standard InChI is InChI=1S/C24H24N2O5/c1-16(2)26-24(28)19(15-25)13-17-9-11-21(22(14-17)30-4)31-23(27)12-10-18-7-5-6-8-20(18)29-3/h5-14,16H,1-4H3,(H,26,28)/b12-10+,19-13+. The van der Waals surface area contributed by atoms with E-state index < -0.39 is 11.9 Å². The number of esters is 1. The molecule has 0 atom stereocenters. The maximum atomic E-state index is 12.2. The summed E-state index contributed by atoms with van der Waals surface area (Å²) in [5, 5.41) is 11.9. The molecule has 2 aromatic carbocycles. The molecule has 0 fully saturated rings. The highest BCUT2D eigenvalue weighted by Crippen LogP contribution is 2.29. The van der Waals surface area contributed by atoms with E-state index in [1.54, 1.807) is 45.2 Å². The van der Waals surface area contributed by atoms with Crippen molar-refractivity contribution in [1.29, 1.82) is 5.26 Å². The van der Waals surface area contributed by atoms with E-state index in [1.165, 1.54) is 25.3 Å². The minimum atomic E-state index is -0.596. The molecule has 1 N–H and O–H groups in total. The van der Waals surface area contributed by atoms with Crippen LogP contribution in [0.5, 0.6) is 17.2 Å². The van der Waals surface area contributed by atoms with Crippen LogP contribution in [-0.2, 0) is 9.59 Å². The number of methoxy groups -OCH3 is 2. The van der Waals surface area contributed by atoms with E-state index in [0.29, 0.717) is 11.3 Å². The fourth-order valence-corrected chi connectivity index (χ4v) is 2.62. The number of nitrogens with one attached hydrogen (secondary N) is 1. The Kier molecular flexibility index (Phi) is 8.41. The molecule has 7 heteroatoms. The summed E-state index contributed by atoms with van der Waals surface area (Å²) in [4.78, 5) is 24.3. The first-order valence-electron chi connectivity index (χ1n) is 9.51. The Bertz CT molecular complexity index is 1050. The van der Waals surface area contributed by atoms with Crippen LogP contribution in [0.15, 0.2) is 54.1 Å². The number of amides is 1. The van der Waals surface area contributed by atoms with Gasteiger partial charge in [0.25, 0.3) is 5.91 Å². The van der Waals surface area contributed by atoms with Crippen molar-refractivity contribution in [2.45, 2.75) is 19.9 Å². The lowest BCUT2D eigenvalue weighted by Gasteiger charge is -2.10. The maximum absolute atomic E-state index is 12.2. The predicted octanol–water partition coefficient (Wildman–Crippen LogP) is 3.75. The lowest BCUT2D eigenvalue weighted by molar-refractivity contribution is -0.129. The van der Waals surface area contributed by atoms with Gasteiger partial charge in [0.05, 0.1) is 14.2 Å². The normalized spacial score (nSPS) is 11.2. The van der Waals surface area contributed by atoms with Crippen LogP contribution in [-0.4, -0.2) is 32.1 Å². The van der Waals surface area contributed by atoms with E-state index in [2.05, 4.69) is 5.32 Å². The molecule has 0 aliphatic carbocycles. The van der Waals surface area contributed by atoms with Gasteiger partial charge in [0.1, 0.15) is 17.4 Å². The van der Waals surface area contributed by atoms with E-state index >= 15 is 0 Å². The third kappa shape index (κ3) is 6.75. The number of rotatable bonds is 8. The Balaban J connectivity index is 2.19. The molecule has 160 valence electrons.